The van der Waals surface area contributed by atoms with E-state index in [0.29, 0.717) is 5.56 Å². The highest BCUT2D eigenvalue weighted by molar-refractivity contribution is 7.98. The number of carbonyl (C=O) groups is 1. The van der Waals surface area contributed by atoms with Crippen molar-refractivity contribution in [2.24, 2.45) is 0 Å². The molecule has 0 radical (unpaired) electrons. The molecule has 1 N–H and O–H groups in total. The van der Waals surface area contributed by atoms with Gasteiger partial charge in [-0.25, -0.2) is 9.78 Å². The average molecular weight is 292 g/mol. The van der Waals surface area contributed by atoms with Crippen LogP contribution < -0.4 is 0 Å². The van der Waals surface area contributed by atoms with Gasteiger partial charge in [0.2, 0.25) is 0 Å². The highest BCUT2D eigenvalue weighted by Crippen LogP contribution is 2.28. The summed E-state index contributed by atoms with van der Waals surface area (Å²) in [5.74, 6) is 1.04. The Hall–Kier alpha value is -1.49. The van der Waals surface area contributed by atoms with Crippen LogP contribution in [0.25, 0.3) is 11.0 Å². The van der Waals surface area contributed by atoms with E-state index in [1.165, 1.54) is 0 Å². The lowest BCUT2D eigenvalue weighted by molar-refractivity contribution is 0.0698. The third-order valence-electron chi connectivity index (χ3n) is 3.53. The average Bonchev–Trinajstić information content (AvgIpc) is 2.82. The van der Waals surface area contributed by atoms with E-state index < -0.39 is 5.97 Å². The van der Waals surface area contributed by atoms with Crippen LogP contribution in [0.1, 0.15) is 42.5 Å². The van der Waals surface area contributed by atoms with E-state index in [-0.39, 0.29) is 6.04 Å². The number of carboxylic acids is 1. The summed E-state index contributed by atoms with van der Waals surface area (Å²) in [6.45, 7) is 4.19. The van der Waals surface area contributed by atoms with E-state index in [1.807, 2.05) is 6.07 Å². The molecule has 1 unspecified atom stereocenters. The van der Waals surface area contributed by atoms with Crippen molar-refractivity contribution in [1.82, 2.24) is 9.55 Å². The van der Waals surface area contributed by atoms with Gasteiger partial charge in [0.15, 0.2) is 0 Å². The highest BCUT2D eigenvalue weighted by atomic mass is 32.2. The Bertz CT molecular complexity index is 622. The van der Waals surface area contributed by atoms with E-state index in [1.54, 1.807) is 23.9 Å². The summed E-state index contributed by atoms with van der Waals surface area (Å²) in [7, 11) is 0. The zero-order valence-electron chi connectivity index (χ0n) is 12.1. The molecule has 4 nitrogen and oxygen atoms in total. The number of nitrogens with zero attached hydrogens (tertiary/aromatic N) is 2. The van der Waals surface area contributed by atoms with E-state index >= 15 is 0 Å². The second kappa shape index (κ2) is 6.31. The number of imidazole rings is 1. The molecule has 0 aliphatic heterocycles. The van der Waals surface area contributed by atoms with Gasteiger partial charge >= 0.3 is 5.97 Å². The maximum atomic E-state index is 11.5. The van der Waals surface area contributed by atoms with Gasteiger partial charge in [-0.1, -0.05) is 19.9 Å². The molecule has 0 spiro atoms. The third-order valence-corrected chi connectivity index (χ3v) is 4.24. The largest absolute Gasteiger partial charge is 0.478 e. The van der Waals surface area contributed by atoms with Gasteiger partial charge in [-0.05, 0) is 24.8 Å². The monoisotopic (exact) mass is 292 g/mol. The third kappa shape index (κ3) is 2.54. The summed E-state index contributed by atoms with van der Waals surface area (Å²) in [6, 6.07) is 5.60. The molecule has 0 saturated carbocycles. The van der Waals surface area contributed by atoms with Crippen LogP contribution in [0.3, 0.4) is 0 Å². The number of para-hydroxylation sites is 1. The molecule has 5 heteroatoms. The SMILES string of the molecule is CCc1nc2cccc(C(=O)O)c2n1C(CC)CSC. The second-order valence-electron chi connectivity index (χ2n) is 4.75. The summed E-state index contributed by atoms with van der Waals surface area (Å²) >= 11 is 1.78. The van der Waals surface area contributed by atoms with Gasteiger partial charge in [-0.15, -0.1) is 0 Å². The van der Waals surface area contributed by atoms with E-state index in [4.69, 9.17) is 0 Å². The van der Waals surface area contributed by atoms with Crippen molar-refractivity contribution in [2.75, 3.05) is 12.0 Å². The first kappa shape index (κ1) is 14.9. The molecule has 0 aliphatic carbocycles. The minimum absolute atomic E-state index is 0.283. The molecule has 0 amide bonds. The number of fused-ring (bicyclic) bond motifs is 1. The number of aromatic nitrogens is 2. The predicted octanol–water partition coefficient (Wildman–Crippen LogP) is 3.61. The fourth-order valence-electron chi connectivity index (χ4n) is 2.58. The van der Waals surface area contributed by atoms with Crippen LogP contribution in [0, 0.1) is 0 Å². The molecule has 0 fully saturated rings. The summed E-state index contributed by atoms with van der Waals surface area (Å²) < 4.78 is 2.13. The molecule has 0 aliphatic rings. The van der Waals surface area contributed by atoms with Gasteiger partial charge in [-0.3, -0.25) is 0 Å². The predicted molar refractivity (Wildman–Crippen MR) is 83.8 cm³/mol. The summed E-state index contributed by atoms with van der Waals surface area (Å²) in [5, 5.41) is 9.43. The lowest BCUT2D eigenvalue weighted by atomic mass is 10.1. The van der Waals surface area contributed by atoms with Crippen molar-refractivity contribution >= 4 is 28.8 Å². The zero-order chi connectivity index (χ0) is 14.7. The van der Waals surface area contributed by atoms with Crippen LogP contribution in [0.5, 0.6) is 0 Å². The lowest BCUT2D eigenvalue weighted by Gasteiger charge is -2.20. The Morgan fingerprint density at radius 3 is 2.75 bits per heavy atom. The molecule has 0 bridgehead atoms. The van der Waals surface area contributed by atoms with Gasteiger partial charge in [0.25, 0.3) is 0 Å². The summed E-state index contributed by atoms with van der Waals surface area (Å²) in [6.07, 6.45) is 3.84. The van der Waals surface area contributed by atoms with Crippen molar-refractivity contribution in [1.29, 1.82) is 0 Å². The fourth-order valence-corrected chi connectivity index (χ4v) is 3.35. The first-order valence-corrected chi connectivity index (χ1v) is 8.25. The molecule has 2 aromatic rings. The lowest BCUT2D eigenvalue weighted by Crippen LogP contribution is -2.15. The number of aryl methyl sites for hydroxylation is 1. The standard InChI is InChI=1S/C15H20N2O2S/c1-4-10(9-20-3)17-13(5-2)16-12-8-6-7-11(14(12)17)15(18)19/h6-8,10H,4-5,9H2,1-3H3,(H,18,19). The molecule has 20 heavy (non-hydrogen) atoms. The van der Waals surface area contributed by atoms with Crippen molar-refractivity contribution in [3.63, 3.8) is 0 Å². The number of rotatable bonds is 6. The minimum Gasteiger partial charge on any atom is -0.478 e. The normalized spacial score (nSPS) is 12.8. The second-order valence-corrected chi connectivity index (χ2v) is 5.66. The molecule has 1 atom stereocenters. The maximum absolute atomic E-state index is 11.5. The van der Waals surface area contributed by atoms with Gasteiger partial charge in [0.1, 0.15) is 5.82 Å². The van der Waals surface area contributed by atoms with E-state index in [2.05, 4.69) is 29.7 Å². The molecule has 108 valence electrons. The van der Waals surface area contributed by atoms with E-state index in [9.17, 15) is 9.90 Å². The molecule has 1 heterocycles. The van der Waals surface area contributed by atoms with Crippen LogP contribution in [0.4, 0.5) is 0 Å². The molecule has 2 rings (SSSR count). The Kier molecular flexibility index (Phi) is 4.70. The molecule has 0 saturated heterocycles. The Morgan fingerprint density at radius 2 is 2.20 bits per heavy atom. The maximum Gasteiger partial charge on any atom is 0.337 e. The Morgan fingerprint density at radius 1 is 1.45 bits per heavy atom. The van der Waals surface area contributed by atoms with Gasteiger partial charge < -0.3 is 9.67 Å². The number of thioether (sulfide) groups is 1. The number of carboxylic acid groups (broad SMARTS) is 1. The van der Waals surface area contributed by atoms with Crippen LogP contribution in [-0.4, -0.2) is 32.6 Å². The number of benzene rings is 1. The van der Waals surface area contributed by atoms with Gasteiger partial charge in [0.05, 0.1) is 16.6 Å². The van der Waals surface area contributed by atoms with Crippen molar-refractivity contribution in [3.05, 3.63) is 29.6 Å². The number of aromatic carboxylic acids is 1. The molecule has 1 aromatic heterocycles. The molecular weight excluding hydrogens is 272 g/mol. The Labute approximate surface area is 123 Å². The number of hydrogen-bond acceptors (Lipinski definition) is 3. The van der Waals surface area contributed by atoms with Gasteiger partial charge in [0, 0.05) is 18.2 Å². The van der Waals surface area contributed by atoms with Gasteiger partial charge in [-0.2, -0.15) is 11.8 Å². The van der Waals surface area contributed by atoms with Crippen LogP contribution >= 0.6 is 11.8 Å². The summed E-state index contributed by atoms with van der Waals surface area (Å²) in [5.41, 5.74) is 1.88. The topological polar surface area (TPSA) is 55.1 Å². The van der Waals surface area contributed by atoms with Crippen molar-refractivity contribution in [2.45, 2.75) is 32.7 Å². The number of hydrogen-bond donors (Lipinski definition) is 1. The van der Waals surface area contributed by atoms with Crippen LogP contribution in [0.15, 0.2) is 18.2 Å². The van der Waals surface area contributed by atoms with Crippen molar-refractivity contribution < 1.29 is 9.90 Å². The first-order chi connectivity index (χ1) is 9.63. The quantitative estimate of drug-likeness (QED) is 0.883. The minimum atomic E-state index is -0.890. The fraction of sp³-hybridized carbons (Fsp3) is 0.467. The smallest absolute Gasteiger partial charge is 0.337 e. The summed E-state index contributed by atoms with van der Waals surface area (Å²) in [4.78, 5) is 16.1. The zero-order valence-corrected chi connectivity index (χ0v) is 12.9. The first-order valence-electron chi connectivity index (χ1n) is 6.86. The van der Waals surface area contributed by atoms with Crippen LogP contribution in [-0.2, 0) is 6.42 Å². The molecular formula is C15H20N2O2S. The van der Waals surface area contributed by atoms with E-state index in [0.717, 1.165) is 35.5 Å². The van der Waals surface area contributed by atoms with Crippen molar-refractivity contribution in [3.8, 4) is 0 Å². The Balaban J connectivity index is 2.74. The highest BCUT2D eigenvalue weighted by Gasteiger charge is 2.21. The molecule has 1 aromatic carbocycles. The van der Waals surface area contributed by atoms with Crippen LogP contribution in [0.2, 0.25) is 0 Å².